The lowest BCUT2D eigenvalue weighted by Gasteiger charge is -2.05. The number of hydrogen-bond donors (Lipinski definition) is 1. The molecule has 0 unspecified atom stereocenters. The molecule has 78 valence electrons. The van der Waals surface area contributed by atoms with Gasteiger partial charge in [-0.1, -0.05) is 24.3 Å². The van der Waals surface area contributed by atoms with E-state index in [1.54, 1.807) is 6.07 Å². The Balaban J connectivity index is 2.85. The van der Waals surface area contributed by atoms with Crippen molar-refractivity contribution >= 4 is 26.3 Å². The minimum absolute atomic E-state index is 0.263. The van der Waals surface area contributed by atoms with Gasteiger partial charge in [-0.15, -0.1) is 0 Å². The van der Waals surface area contributed by atoms with Gasteiger partial charge in [0.1, 0.15) is 0 Å². The summed E-state index contributed by atoms with van der Waals surface area (Å²) in [5.74, 6) is 0. The van der Waals surface area contributed by atoms with Crippen molar-refractivity contribution in [3.05, 3.63) is 36.4 Å². The minimum Gasteiger partial charge on any atom is -0.398 e. The Morgan fingerprint density at radius 2 is 1.80 bits per heavy atom. The van der Waals surface area contributed by atoms with Gasteiger partial charge in [0.2, 0.25) is 0 Å². The molecule has 0 atom stereocenters. The highest BCUT2D eigenvalue weighted by atomic mass is 32.2. The fourth-order valence-corrected chi connectivity index (χ4v) is 2.21. The predicted octanol–water partition coefficient (Wildman–Crippen LogP) is 1.83. The summed E-state index contributed by atoms with van der Waals surface area (Å²) in [6, 6.07) is 10.6. The molecule has 3 nitrogen and oxygen atoms in total. The molecule has 4 heteroatoms. The average molecular weight is 221 g/mol. The van der Waals surface area contributed by atoms with Crippen LogP contribution in [0.1, 0.15) is 0 Å². The van der Waals surface area contributed by atoms with Crippen LogP contribution in [0, 0.1) is 0 Å². The molecule has 0 radical (unpaired) electrons. The van der Waals surface area contributed by atoms with Crippen LogP contribution in [-0.2, 0) is 9.84 Å². The van der Waals surface area contributed by atoms with Gasteiger partial charge in [0.15, 0.2) is 9.84 Å². The van der Waals surface area contributed by atoms with Crippen LogP contribution in [0.4, 0.5) is 5.69 Å². The molecule has 0 aliphatic carbocycles. The topological polar surface area (TPSA) is 60.2 Å². The fraction of sp³-hybridized carbons (Fsp3) is 0.0909. The van der Waals surface area contributed by atoms with Gasteiger partial charge in [-0.05, 0) is 17.5 Å². The zero-order valence-corrected chi connectivity index (χ0v) is 9.08. The second-order valence-electron chi connectivity index (χ2n) is 3.51. The highest BCUT2D eigenvalue weighted by molar-refractivity contribution is 7.90. The van der Waals surface area contributed by atoms with Crippen LogP contribution >= 0.6 is 0 Å². The first-order valence-corrected chi connectivity index (χ1v) is 6.36. The second kappa shape index (κ2) is 3.24. The van der Waals surface area contributed by atoms with Gasteiger partial charge in [-0.25, -0.2) is 8.42 Å². The number of nitrogen functional groups attached to an aromatic ring is 1. The SMILES string of the molecule is CS(=O)(=O)c1cc(N)c2ccccc2c1. The molecule has 0 heterocycles. The predicted molar refractivity (Wildman–Crippen MR) is 61.5 cm³/mol. The summed E-state index contributed by atoms with van der Waals surface area (Å²) in [4.78, 5) is 0.263. The van der Waals surface area contributed by atoms with Crippen LogP contribution in [0.5, 0.6) is 0 Å². The normalized spacial score (nSPS) is 11.8. The summed E-state index contributed by atoms with van der Waals surface area (Å²) in [6.07, 6.45) is 1.18. The van der Waals surface area contributed by atoms with Gasteiger partial charge in [-0.2, -0.15) is 0 Å². The van der Waals surface area contributed by atoms with Gasteiger partial charge < -0.3 is 5.73 Å². The molecule has 2 rings (SSSR count). The number of sulfone groups is 1. The van der Waals surface area contributed by atoms with Gasteiger partial charge in [-0.3, -0.25) is 0 Å². The summed E-state index contributed by atoms with van der Waals surface area (Å²) in [5, 5.41) is 1.72. The summed E-state index contributed by atoms with van der Waals surface area (Å²) >= 11 is 0. The standard InChI is InChI=1S/C11H11NO2S/c1-15(13,14)9-6-8-4-2-3-5-10(8)11(12)7-9/h2-7H,12H2,1H3. The van der Waals surface area contributed by atoms with E-state index in [4.69, 9.17) is 5.73 Å². The van der Waals surface area contributed by atoms with Crippen LogP contribution in [-0.4, -0.2) is 14.7 Å². The van der Waals surface area contributed by atoms with E-state index in [0.29, 0.717) is 5.69 Å². The molecule has 0 fully saturated rings. The average Bonchev–Trinajstić information content (AvgIpc) is 2.16. The lowest BCUT2D eigenvalue weighted by atomic mass is 10.1. The van der Waals surface area contributed by atoms with Gasteiger partial charge in [0, 0.05) is 17.3 Å². The summed E-state index contributed by atoms with van der Waals surface area (Å²) in [7, 11) is -3.20. The van der Waals surface area contributed by atoms with Crippen LogP contribution in [0.15, 0.2) is 41.3 Å². The van der Waals surface area contributed by atoms with E-state index >= 15 is 0 Å². The molecule has 0 bridgehead atoms. The molecular formula is C11H11NO2S. The minimum atomic E-state index is -3.20. The molecule has 2 N–H and O–H groups in total. The van der Waals surface area contributed by atoms with E-state index in [0.717, 1.165) is 10.8 Å². The zero-order chi connectivity index (χ0) is 11.1. The molecule has 15 heavy (non-hydrogen) atoms. The maximum Gasteiger partial charge on any atom is 0.175 e. The van der Waals surface area contributed by atoms with Crippen molar-refractivity contribution < 1.29 is 8.42 Å². The first-order valence-electron chi connectivity index (χ1n) is 4.47. The number of rotatable bonds is 1. The Morgan fingerprint density at radius 3 is 2.47 bits per heavy atom. The van der Waals surface area contributed by atoms with Crippen LogP contribution in [0.3, 0.4) is 0 Å². The maximum absolute atomic E-state index is 11.4. The molecule has 0 aliphatic rings. The van der Waals surface area contributed by atoms with Crippen molar-refractivity contribution in [3.8, 4) is 0 Å². The Kier molecular flexibility index (Phi) is 2.16. The number of hydrogen-bond acceptors (Lipinski definition) is 3. The Hall–Kier alpha value is -1.55. The van der Waals surface area contributed by atoms with Crippen molar-refractivity contribution in [1.29, 1.82) is 0 Å². The number of fused-ring (bicyclic) bond motifs is 1. The van der Waals surface area contributed by atoms with E-state index in [-0.39, 0.29) is 4.90 Å². The summed E-state index contributed by atoms with van der Waals surface area (Å²) < 4.78 is 22.7. The van der Waals surface area contributed by atoms with Crippen LogP contribution in [0.2, 0.25) is 0 Å². The van der Waals surface area contributed by atoms with Crippen molar-refractivity contribution in [2.24, 2.45) is 0 Å². The van der Waals surface area contributed by atoms with Crippen molar-refractivity contribution in [3.63, 3.8) is 0 Å². The molecule has 0 saturated heterocycles. The molecule has 0 aromatic heterocycles. The summed E-state index contributed by atoms with van der Waals surface area (Å²) in [6.45, 7) is 0. The molecule has 0 amide bonds. The maximum atomic E-state index is 11.4. The van der Waals surface area contributed by atoms with E-state index in [1.165, 1.54) is 12.3 Å². The van der Waals surface area contributed by atoms with E-state index in [9.17, 15) is 8.42 Å². The van der Waals surface area contributed by atoms with Crippen molar-refractivity contribution in [2.45, 2.75) is 4.90 Å². The van der Waals surface area contributed by atoms with E-state index < -0.39 is 9.84 Å². The third-order valence-electron chi connectivity index (χ3n) is 2.30. The van der Waals surface area contributed by atoms with Crippen molar-refractivity contribution in [1.82, 2.24) is 0 Å². The van der Waals surface area contributed by atoms with Crippen LogP contribution < -0.4 is 5.73 Å². The molecule has 2 aromatic carbocycles. The first-order chi connectivity index (χ1) is 6.98. The third-order valence-corrected chi connectivity index (χ3v) is 3.39. The largest absolute Gasteiger partial charge is 0.398 e. The highest BCUT2D eigenvalue weighted by Crippen LogP contribution is 2.25. The smallest absolute Gasteiger partial charge is 0.175 e. The molecule has 2 aromatic rings. The van der Waals surface area contributed by atoms with E-state index in [1.807, 2.05) is 24.3 Å². The van der Waals surface area contributed by atoms with Crippen LogP contribution in [0.25, 0.3) is 10.8 Å². The fourth-order valence-electron chi connectivity index (χ4n) is 1.53. The lowest BCUT2D eigenvalue weighted by molar-refractivity contribution is 0.602. The van der Waals surface area contributed by atoms with Gasteiger partial charge >= 0.3 is 0 Å². The monoisotopic (exact) mass is 221 g/mol. The highest BCUT2D eigenvalue weighted by Gasteiger charge is 2.09. The molecule has 0 aliphatic heterocycles. The number of benzene rings is 2. The number of anilines is 1. The van der Waals surface area contributed by atoms with E-state index in [2.05, 4.69) is 0 Å². The third kappa shape index (κ3) is 1.80. The number of nitrogens with two attached hydrogens (primary N) is 1. The van der Waals surface area contributed by atoms with Crippen molar-refractivity contribution in [2.75, 3.05) is 12.0 Å². The zero-order valence-electron chi connectivity index (χ0n) is 8.27. The molecule has 0 spiro atoms. The Bertz CT molecular complexity index is 618. The van der Waals surface area contributed by atoms with Gasteiger partial charge in [0.25, 0.3) is 0 Å². The van der Waals surface area contributed by atoms with Gasteiger partial charge in [0.05, 0.1) is 4.90 Å². The summed E-state index contributed by atoms with van der Waals surface area (Å²) in [5.41, 5.74) is 6.28. The quantitative estimate of drug-likeness (QED) is 0.747. The molecular weight excluding hydrogens is 210 g/mol. The second-order valence-corrected chi connectivity index (χ2v) is 5.52. The Labute approximate surface area is 88.4 Å². The lowest BCUT2D eigenvalue weighted by Crippen LogP contribution is -1.99. The molecule has 0 saturated carbocycles. The Morgan fingerprint density at radius 1 is 1.13 bits per heavy atom. The first kappa shape index (κ1) is 9.98.